The second kappa shape index (κ2) is 10.1. The number of sulfone groups is 3. The smallest absolute Gasteiger partial charge is 0.264 e. The molecule has 0 fully saturated rings. The largest absolute Gasteiger partial charge is 0.398 e. The minimum absolute atomic E-state index is 0.0249. The Labute approximate surface area is 228 Å². The first-order valence-corrected chi connectivity index (χ1v) is 18.8. The molecule has 0 bridgehead atoms. The molecule has 14 heteroatoms. The maximum absolute atomic E-state index is 13.5. The van der Waals surface area contributed by atoms with E-state index in [9.17, 15) is 33.7 Å². The zero-order valence-electron chi connectivity index (χ0n) is 21.3. The number of benzene rings is 4. The molecule has 0 aromatic heterocycles. The summed E-state index contributed by atoms with van der Waals surface area (Å²) in [4.78, 5) is -0.571. The summed E-state index contributed by atoms with van der Waals surface area (Å²) in [6.07, 6.45) is 0.217. The first-order chi connectivity index (χ1) is 18.0. The Hall–Kier alpha value is -2.52. The zero-order chi connectivity index (χ0) is 29.0. The first-order valence-electron chi connectivity index (χ1n) is 12.2. The van der Waals surface area contributed by atoms with E-state index in [1.165, 1.54) is 24.3 Å². The molecule has 0 saturated carbocycles. The molecule has 0 aliphatic rings. The minimum atomic E-state index is -4.41. The van der Waals surface area contributed by atoms with Crippen LogP contribution in [0.2, 0.25) is 0 Å². The molecule has 212 valence electrons. The van der Waals surface area contributed by atoms with Crippen LogP contribution in [0.1, 0.15) is 33.1 Å². The Morgan fingerprint density at radius 1 is 0.590 bits per heavy atom. The number of nitrogen functional groups attached to an aromatic ring is 1. The van der Waals surface area contributed by atoms with Crippen LogP contribution in [0.3, 0.4) is 0 Å². The SMILES string of the molecule is CCCS(=O)(=O)c1cc(N)c2ccc3c(S(=O)(=O)CCCS(=O)(=O)O)cc(S(=O)(=O)CCC)c4ccc1c2c43. The molecule has 39 heavy (non-hydrogen) atoms. The predicted octanol–water partition coefficient (Wildman–Crippen LogP) is 3.59. The fraction of sp³-hybridized carbons (Fsp3) is 0.360. The molecule has 4 aromatic rings. The summed E-state index contributed by atoms with van der Waals surface area (Å²) in [5.74, 6) is -1.84. The normalized spacial score (nSPS) is 13.6. The van der Waals surface area contributed by atoms with Crippen LogP contribution in [0.25, 0.3) is 32.3 Å². The van der Waals surface area contributed by atoms with Gasteiger partial charge in [-0.1, -0.05) is 38.1 Å². The van der Waals surface area contributed by atoms with Crippen molar-refractivity contribution in [1.82, 2.24) is 0 Å². The van der Waals surface area contributed by atoms with Crippen molar-refractivity contribution in [3.63, 3.8) is 0 Å². The maximum Gasteiger partial charge on any atom is 0.264 e. The average molecular weight is 616 g/mol. The van der Waals surface area contributed by atoms with Crippen molar-refractivity contribution in [2.45, 2.75) is 47.8 Å². The molecule has 0 spiro atoms. The average Bonchev–Trinajstić information content (AvgIpc) is 2.81. The van der Waals surface area contributed by atoms with Crippen LogP contribution >= 0.6 is 0 Å². The van der Waals surface area contributed by atoms with Gasteiger partial charge in [0.2, 0.25) is 0 Å². The molecular weight excluding hydrogens is 587 g/mol. The molecule has 0 saturated heterocycles. The van der Waals surface area contributed by atoms with Crippen LogP contribution in [-0.2, 0) is 39.6 Å². The predicted molar refractivity (Wildman–Crippen MR) is 152 cm³/mol. The van der Waals surface area contributed by atoms with Crippen LogP contribution in [0.15, 0.2) is 51.1 Å². The van der Waals surface area contributed by atoms with Crippen LogP contribution in [0, 0.1) is 0 Å². The molecule has 0 atom stereocenters. The number of hydrogen-bond acceptors (Lipinski definition) is 9. The molecule has 0 aliphatic carbocycles. The topological polar surface area (TPSA) is 183 Å². The van der Waals surface area contributed by atoms with Crippen LogP contribution in [-0.4, -0.2) is 61.2 Å². The Balaban J connectivity index is 2.18. The molecule has 0 unspecified atom stereocenters. The van der Waals surface area contributed by atoms with Crippen LogP contribution in [0.4, 0.5) is 5.69 Å². The number of hydrogen-bond donors (Lipinski definition) is 2. The van der Waals surface area contributed by atoms with E-state index in [0.717, 1.165) is 6.07 Å². The van der Waals surface area contributed by atoms with Crippen LogP contribution in [0.5, 0.6) is 0 Å². The van der Waals surface area contributed by atoms with Crippen molar-refractivity contribution < 1.29 is 38.2 Å². The Morgan fingerprint density at radius 2 is 0.974 bits per heavy atom. The van der Waals surface area contributed by atoms with Crippen molar-refractivity contribution in [1.29, 1.82) is 0 Å². The van der Waals surface area contributed by atoms with Gasteiger partial charge in [0.15, 0.2) is 29.5 Å². The van der Waals surface area contributed by atoms with E-state index in [4.69, 9.17) is 10.3 Å². The van der Waals surface area contributed by atoms with E-state index >= 15 is 0 Å². The highest BCUT2D eigenvalue weighted by molar-refractivity contribution is 7.92. The molecule has 0 heterocycles. The van der Waals surface area contributed by atoms with Crippen molar-refractivity contribution in [2.24, 2.45) is 0 Å². The molecular formula is C25H29NO9S4. The van der Waals surface area contributed by atoms with Crippen molar-refractivity contribution in [2.75, 3.05) is 28.7 Å². The Morgan fingerprint density at radius 3 is 1.41 bits per heavy atom. The number of rotatable bonds is 11. The first kappa shape index (κ1) is 29.5. The molecule has 0 amide bonds. The van der Waals surface area contributed by atoms with Gasteiger partial charge in [0.05, 0.1) is 37.7 Å². The lowest BCUT2D eigenvalue weighted by atomic mass is 9.93. The third kappa shape index (κ3) is 5.44. The van der Waals surface area contributed by atoms with E-state index in [2.05, 4.69) is 0 Å². The van der Waals surface area contributed by atoms with Gasteiger partial charge < -0.3 is 5.73 Å². The van der Waals surface area contributed by atoms with E-state index < -0.39 is 57.6 Å². The van der Waals surface area contributed by atoms with E-state index in [1.54, 1.807) is 19.9 Å². The molecule has 0 radical (unpaired) electrons. The summed E-state index contributed by atoms with van der Waals surface area (Å²) in [6.45, 7) is 3.40. The van der Waals surface area contributed by atoms with E-state index in [0.29, 0.717) is 22.6 Å². The van der Waals surface area contributed by atoms with Gasteiger partial charge in [0.25, 0.3) is 10.1 Å². The molecule has 3 N–H and O–H groups in total. The quantitative estimate of drug-likeness (QED) is 0.144. The summed E-state index contributed by atoms with van der Waals surface area (Å²) in [6, 6.07) is 8.53. The van der Waals surface area contributed by atoms with E-state index in [1.807, 2.05) is 0 Å². The molecule has 4 aromatic carbocycles. The lowest BCUT2D eigenvalue weighted by Crippen LogP contribution is -2.15. The van der Waals surface area contributed by atoms with Crippen molar-refractivity contribution in [3.05, 3.63) is 36.4 Å². The highest BCUT2D eigenvalue weighted by Gasteiger charge is 2.29. The van der Waals surface area contributed by atoms with E-state index in [-0.39, 0.29) is 54.5 Å². The van der Waals surface area contributed by atoms with Gasteiger partial charge in [0, 0.05) is 38.0 Å². The monoisotopic (exact) mass is 615 g/mol. The second-order valence-electron chi connectivity index (χ2n) is 9.50. The van der Waals surface area contributed by atoms with Gasteiger partial charge in [-0.3, -0.25) is 4.55 Å². The molecule has 4 rings (SSSR count). The second-order valence-corrected chi connectivity index (χ2v) is 17.3. The summed E-state index contributed by atoms with van der Waals surface area (Å²) in [5.41, 5.74) is 6.42. The van der Waals surface area contributed by atoms with Gasteiger partial charge in [-0.15, -0.1) is 0 Å². The minimum Gasteiger partial charge on any atom is -0.398 e. The summed E-state index contributed by atoms with van der Waals surface area (Å²) >= 11 is 0. The summed E-state index contributed by atoms with van der Waals surface area (Å²) in [5, 5.41) is 1.72. The number of anilines is 1. The third-order valence-electron chi connectivity index (χ3n) is 6.58. The van der Waals surface area contributed by atoms with Crippen LogP contribution < -0.4 is 5.73 Å². The number of nitrogens with two attached hydrogens (primary N) is 1. The van der Waals surface area contributed by atoms with Crippen molar-refractivity contribution >= 4 is 77.6 Å². The van der Waals surface area contributed by atoms with Crippen molar-refractivity contribution in [3.8, 4) is 0 Å². The van der Waals surface area contributed by atoms with Gasteiger partial charge in [-0.25, -0.2) is 25.3 Å². The highest BCUT2D eigenvalue weighted by atomic mass is 32.2. The lowest BCUT2D eigenvalue weighted by molar-refractivity contribution is 0.482. The fourth-order valence-electron chi connectivity index (χ4n) is 4.99. The Kier molecular flexibility index (Phi) is 7.66. The molecule has 10 nitrogen and oxygen atoms in total. The van der Waals surface area contributed by atoms with Gasteiger partial charge in [-0.2, -0.15) is 8.42 Å². The standard InChI is InChI=1S/C25H29NO9S4/c1-3-10-36(27,28)21-14-20(26)16-6-7-18-23(38(31,32)12-5-13-39(33,34)35)15-22(37(29,30)11-4-2)19-9-8-17(21)24(16)25(18)19/h6-9,14-15H,3-5,10-13,26H2,1-2H3,(H,33,34,35). The highest BCUT2D eigenvalue weighted by Crippen LogP contribution is 2.44. The zero-order valence-corrected chi connectivity index (χ0v) is 24.6. The van der Waals surface area contributed by atoms with Gasteiger partial charge in [-0.05, 0) is 31.4 Å². The lowest BCUT2D eigenvalue weighted by Gasteiger charge is -2.20. The van der Waals surface area contributed by atoms with Gasteiger partial charge >= 0.3 is 0 Å². The maximum atomic E-state index is 13.5. The Bertz CT molecular complexity index is 2030. The summed E-state index contributed by atoms with van der Waals surface area (Å²) < 4.78 is 111. The summed E-state index contributed by atoms with van der Waals surface area (Å²) in [7, 11) is -16.4. The fourth-order valence-corrected chi connectivity index (χ4v) is 10.4. The van der Waals surface area contributed by atoms with Gasteiger partial charge in [0.1, 0.15) is 0 Å². The third-order valence-corrected chi connectivity index (χ3v) is 13.1. The molecule has 0 aliphatic heterocycles.